The lowest BCUT2D eigenvalue weighted by Gasteiger charge is -2.34. The fourth-order valence-electron chi connectivity index (χ4n) is 2.96. The average Bonchev–Trinajstić information content (AvgIpc) is 3.07. The van der Waals surface area contributed by atoms with Gasteiger partial charge in [-0.2, -0.15) is 9.40 Å². The topological polar surface area (TPSA) is 58.4 Å². The van der Waals surface area contributed by atoms with Crippen molar-refractivity contribution >= 4 is 10.0 Å². The monoisotopic (exact) mass is 348 g/mol. The summed E-state index contributed by atoms with van der Waals surface area (Å²) in [6.45, 7) is 8.12. The van der Waals surface area contributed by atoms with Gasteiger partial charge in [0.05, 0.1) is 6.20 Å². The van der Waals surface area contributed by atoms with Crippen LogP contribution in [0.3, 0.4) is 0 Å². The van der Waals surface area contributed by atoms with E-state index in [0.717, 1.165) is 19.6 Å². The Hall–Kier alpha value is -1.70. The predicted molar refractivity (Wildman–Crippen MR) is 93.1 cm³/mol. The smallest absolute Gasteiger partial charge is 0.246 e. The van der Waals surface area contributed by atoms with E-state index in [9.17, 15) is 8.42 Å². The first-order valence-electron chi connectivity index (χ1n) is 8.30. The molecule has 130 valence electrons. The van der Waals surface area contributed by atoms with Crippen molar-refractivity contribution in [2.75, 3.05) is 26.2 Å². The minimum Gasteiger partial charge on any atom is -0.296 e. The standard InChI is InChI=1S/C17H24N4O2S/c1-3-20-14-17(12-18-20)24(22,23)21-10-8-19(9-11-21)13-16-7-5-4-6-15(16)2/h4-7,12,14H,3,8-11,13H2,1-2H3. The second kappa shape index (κ2) is 7.04. The van der Waals surface area contributed by atoms with Crippen LogP contribution in [0, 0.1) is 6.92 Å². The Morgan fingerprint density at radius 3 is 2.46 bits per heavy atom. The number of nitrogens with zero attached hydrogens (tertiary/aromatic N) is 4. The highest BCUT2D eigenvalue weighted by Gasteiger charge is 2.29. The molecule has 7 heteroatoms. The molecule has 3 rings (SSSR count). The summed E-state index contributed by atoms with van der Waals surface area (Å²) in [7, 11) is -3.43. The van der Waals surface area contributed by atoms with Gasteiger partial charge in [0, 0.05) is 45.5 Å². The Morgan fingerprint density at radius 1 is 1.12 bits per heavy atom. The van der Waals surface area contributed by atoms with Gasteiger partial charge in [0.15, 0.2) is 0 Å². The third-order valence-electron chi connectivity index (χ3n) is 4.56. The van der Waals surface area contributed by atoms with Crippen LogP contribution in [-0.4, -0.2) is 53.6 Å². The molecule has 1 aliphatic heterocycles. The summed E-state index contributed by atoms with van der Waals surface area (Å²) in [5.41, 5.74) is 2.58. The third-order valence-corrected chi connectivity index (χ3v) is 6.41. The van der Waals surface area contributed by atoms with E-state index in [1.54, 1.807) is 15.2 Å². The molecule has 0 bridgehead atoms. The number of hydrogen-bond acceptors (Lipinski definition) is 4. The predicted octanol–water partition coefficient (Wildman–Crippen LogP) is 1.72. The van der Waals surface area contributed by atoms with Crippen molar-refractivity contribution in [3.8, 4) is 0 Å². The Bertz CT molecular complexity index is 792. The minimum atomic E-state index is -3.43. The van der Waals surface area contributed by atoms with Crippen molar-refractivity contribution in [2.24, 2.45) is 0 Å². The first kappa shape index (κ1) is 17.1. The lowest BCUT2D eigenvalue weighted by atomic mass is 10.1. The number of sulfonamides is 1. The lowest BCUT2D eigenvalue weighted by molar-refractivity contribution is 0.181. The third kappa shape index (κ3) is 3.53. The normalized spacial score (nSPS) is 17.2. The molecule has 1 fully saturated rings. The van der Waals surface area contributed by atoms with E-state index in [1.165, 1.54) is 17.3 Å². The molecule has 0 amide bonds. The van der Waals surface area contributed by atoms with Crippen LogP contribution in [0.15, 0.2) is 41.6 Å². The number of aromatic nitrogens is 2. The molecule has 0 N–H and O–H groups in total. The molecule has 1 aromatic heterocycles. The van der Waals surface area contributed by atoms with Crippen LogP contribution in [0.2, 0.25) is 0 Å². The molecular formula is C17H24N4O2S. The average molecular weight is 348 g/mol. The molecule has 1 saturated heterocycles. The van der Waals surface area contributed by atoms with Crippen molar-refractivity contribution < 1.29 is 8.42 Å². The Morgan fingerprint density at radius 2 is 1.83 bits per heavy atom. The van der Waals surface area contributed by atoms with E-state index in [1.807, 2.05) is 13.0 Å². The van der Waals surface area contributed by atoms with E-state index < -0.39 is 10.0 Å². The number of hydrogen-bond donors (Lipinski definition) is 0. The molecule has 24 heavy (non-hydrogen) atoms. The second-order valence-electron chi connectivity index (χ2n) is 6.14. The summed E-state index contributed by atoms with van der Waals surface area (Å²) in [5, 5.41) is 4.08. The fraction of sp³-hybridized carbons (Fsp3) is 0.471. The Balaban J connectivity index is 1.63. The second-order valence-corrected chi connectivity index (χ2v) is 8.08. The van der Waals surface area contributed by atoms with Crippen LogP contribution in [-0.2, 0) is 23.1 Å². The molecular weight excluding hydrogens is 324 g/mol. The summed E-state index contributed by atoms with van der Waals surface area (Å²) in [6, 6.07) is 8.34. The fourth-order valence-corrected chi connectivity index (χ4v) is 4.33. The van der Waals surface area contributed by atoms with Gasteiger partial charge in [-0.1, -0.05) is 24.3 Å². The van der Waals surface area contributed by atoms with Gasteiger partial charge in [-0.3, -0.25) is 9.58 Å². The van der Waals surface area contributed by atoms with Crippen LogP contribution in [0.4, 0.5) is 0 Å². The highest BCUT2D eigenvalue weighted by Crippen LogP contribution is 2.18. The molecule has 6 nitrogen and oxygen atoms in total. The molecule has 1 aliphatic rings. The van der Waals surface area contributed by atoms with E-state index in [-0.39, 0.29) is 4.90 Å². The lowest BCUT2D eigenvalue weighted by Crippen LogP contribution is -2.48. The molecule has 1 aromatic carbocycles. The Labute approximate surface area is 143 Å². The van der Waals surface area contributed by atoms with Crippen molar-refractivity contribution in [3.63, 3.8) is 0 Å². The number of benzene rings is 1. The van der Waals surface area contributed by atoms with Crippen molar-refractivity contribution in [2.45, 2.75) is 31.8 Å². The van der Waals surface area contributed by atoms with Gasteiger partial charge in [0.25, 0.3) is 0 Å². The van der Waals surface area contributed by atoms with Crippen LogP contribution in [0.5, 0.6) is 0 Å². The summed E-state index contributed by atoms with van der Waals surface area (Å²) in [4.78, 5) is 2.60. The maximum atomic E-state index is 12.7. The molecule has 2 aromatic rings. The zero-order valence-electron chi connectivity index (χ0n) is 14.2. The van der Waals surface area contributed by atoms with Crippen molar-refractivity contribution in [1.82, 2.24) is 19.0 Å². The first-order valence-corrected chi connectivity index (χ1v) is 9.74. The zero-order valence-corrected chi connectivity index (χ0v) is 15.0. The largest absolute Gasteiger partial charge is 0.296 e. The summed E-state index contributed by atoms with van der Waals surface area (Å²) < 4.78 is 28.6. The van der Waals surface area contributed by atoms with E-state index in [0.29, 0.717) is 19.6 Å². The van der Waals surface area contributed by atoms with Gasteiger partial charge in [-0.05, 0) is 25.0 Å². The van der Waals surface area contributed by atoms with Gasteiger partial charge < -0.3 is 0 Å². The maximum absolute atomic E-state index is 12.7. The summed E-state index contributed by atoms with van der Waals surface area (Å²) in [6.07, 6.45) is 3.05. The summed E-state index contributed by atoms with van der Waals surface area (Å²) in [5.74, 6) is 0. The molecule has 2 heterocycles. The Kier molecular flexibility index (Phi) is 5.03. The van der Waals surface area contributed by atoms with Crippen LogP contribution < -0.4 is 0 Å². The van der Waals surface area contributed by atoms with Gasteiger partial charge >= 0.3 is 0 Å². The molecule has 0 saturated carbocycles. The zero-order chi connectivity index (χ0) is 17.2. The molecule has 0 radical (unpaired) electrons. The number of aryl methyl sites for hydroxylation is 2. The maximum Gasteiger partial charge on any atom is 0.246 e. The van der Waals surface area contributed by atoms with Gasteiger partial charge in [-0.15, -0.1) is 0 Å². The van der Waals surface area contributed by atoms with Crippen molar-refractivity contribution in [3.05, 3.63) is 47.8 Å². The summed E-state index contributed by atoms with van der Waals surface area (Å²) >= 11 is 0. The first-order chi connectivity index (χ1) is 11.5. The highest BCUT2D eigenvalue weighted by atomic mass is 32.2. The molecule has 0 atom stereocenters. The highest BCUT2D eigenvalue weighted by molar-refractivity contribution is 7.89. The van der Waals surface area contributed by atoms with Crippen LogP contribution in [0.1, 0.15) is 18.1 Å². The van der Waals surface area contributed by atoms with Gasteiger partial charge in [0.2, 0.25) is 10.0 Å². The van der Waals surface area contributed by atoms with Crippen LogP contribution >= 0.6 is 0 Å². The van der Waals surface area contributed by atoms with Crippen LogP contribution in [0.25, 0.3) is 0 Å². The number of piperazine rings is 1. The molecule has 0 spiro atoms. The van der Waals surface area contributed by atoms with E-state index in [4.69, 9.17) is 0 Å². The molecule has 0 aliphatic carbocycles. The molecule has 0 unspecified atom stereocenters. The van der Waals surface area contributed by atoms with Crippen molar-refractivity contribution in [1.29, 1.82) is 0 Å². The van der Waals surface area contributed by atoms with E-state index >= 15 is 0 Å². The SMILES string of the molecule is CCn1cc(S(=O)(=O)N2CCN(Cc3ccccc3C)CC2)cn1. The van der Waals surface area contributed by atoms with Gasteiger partial charge in [0.1, 0.15) is 4.90 Å². The quantitative estimate of drug-likeness (QED) is 0.825. The minimum absolute atomic E-state index is 0.289. The van der Waals surface area contributed by atoms with E-state index in [2.05, 4.69) is 35.1 Å². The number of rotatable bonds is 5. The van der Waals surface area contributed by atoms with Gasteiger partial charge in [-0.25, -0.2) is 8.42 Å².